The zero-order chi connectivity index (χ0) is 25.9. The van der Waals surface area contributed by atoms with Crippen molar-refractivity contribution in [3.8, 4) is 0 Å². The second-order valence-corrected chi connectivity index (χ2v) is 9.42. The van der Waals surface area contributed by atoms with Gasteiger partial charge in [0, 0.05) is 32.0 Å². The molecule has 5 rings (SSSR count). The molecule has 2 N–H and O–H groups in total. The summed E-state index contributed by atoms with van der Waals surface area (Å²) in [5.74, 6) is 0.478. The zero-order valence-electron chi connectivity index (χ0n) is 19.9. The van der Waals surface area contributed by atoms with E-state index in [0.29, 0.717) is 29.8 Å². The minimum atomic E-state index is -0.540. The van der Waals surface area contributed by atoms with Crippen LogP contribution < -0.4 is 10.6 Å². The van der Waals surface area contributed by atoms with Gasteiger partial charge in [-0.15, -0.1) is 10.2 Å². The van der Waals surface area contributed by atoms with Gasteiger partial charge in [-0.3, -0.25) is 9.59 Å². The molecule has 192 valence electrons. The maximum atomic E-state index is 13.4. The minimum absolute atomic E-state index is 0.00853. The first-order valence-electron chi connectivity index (χ1n) is 11.9. The molecule has 0 atom stereocenters. The number of hydrogen-bond acceptors (Lipinski definition) is 8. The fourth-order valence-electron chi connectivity index (χ4n) is 4.43. The predicted octanol–water partition coefficient (Wildman–Crippen LogP) is 3.24. The third-order valence-corrected chi connectivity index (χ3v) is 6.73. The highest BCUT2D eigenvalue weighted by molar-refractivity contribution is 6.30. The number of rotatable bonds is 7. The number of hydrogen-bond donors (Lipinski definition) is 2. The molecule has 1 aliphatic carbocycles. The molecule has 4 aromatic rings. The number of carbonyl (C=O) groups is 2. The molecule has 0 saturated heterocycles. The molecule has 3 heterocycles. The average Bonchev–Trinajstić information content (AvgIpc) is 3.56. The monoisotopic (exact) mass is 526 g/mol. The molecule has 0 radical (unpaired) electrons. The van der Waals surface area contributed by atoms with Crippen molar-refractivity contribution in [2.75, 3.05) is 6.54 Å². The van der Waals surface area contributed by atoms with E-state index in [1.807, 2.05) is 0 Å². The van der Waals surface area contributed by atoms with Gasteiger partial charge < -0.3 is 15.1 Å². The average molecular weight is 527 g/mol. The summed E-state index contributed by atoms with van der Waals surface area (Å²) in [5, 5.41) is 17.7. The van der Waals surface area contributed by atoms with Gasteiger partial charge in [-0.25, -0.2) is 9.37 Å². The van der Waals surface area contributed by atoms with E-state index >= 15 is 0 Å². The molecular weight excluding hydrogens is 503 g/mol. The van der Waals surface area contributed by atoms with E-state index in [1.165, 1.54) is 35.1 Å². The summed E-state index contributed by atoms with van der Waals surface area (Å²) in [6.07, 6.45) is 4.93. The molecule has 2 amide bonds. The summed E-state index contributed by atoms with van der Waals surface area (Å²) in [4.78, 5) is 34.1. The third-order valence-electron chi connectivity index (χ3n) is 6.44. The van der Waals surface area contributed by atoms with Gasteiger partial charge in [-0.05, 0) is 49.3 Å². The van der Waals surface area contributed by atoms with Crippen LogP contribution in [0, 0.1) is 18.7 Å². The van der Waals surface area contributed by atoms with Crippen molar-refractivity contribution in [2.45, 2.75) is 45.1 Å². The number of amides is 2. The van der Waals surface area contributed by atoms with E-state index in [2.05, 4.69) is 35.9 Å². The summed E-state index contributed by atoms with van der Waals surface area (Å²) in [6, 6.07) is 5.55. The van der Waals surface area contributed by atoms with Crippen molar-refractivity contribution in [3.63, 3.8) is 0 Å². The number of fused-ring (bicyclic) bond motifs is 1. The van der Waals surface area contributed by atoms with Crippen molar-refractivity contribution in [3.05, 3.63) is 70.2 Å². The Bertz CT molecular complexity index is 1450. The molecule has 11 nitrogen and oxygen atoms in total. The minimum Gasteiger partial charge on any atom is -0.425 e. The molecule has 1 aliphatic rings. The van der Waals surface area contributed by atoms with Gasteiger partial charge in [0.2, 0.25) is 11.8 Å². The van der Waals surface area contributed by atoms with Gasteiger partial charge in [0.25, 0.3) is 17.6 Å². The summed E-state index contributed by atoms with van der Waals surface area (Å²) in [6.45, 7) is 2.37. The second-order valence-electron chi connectivity index (χ2n) is 9.02. The Morgan fingerprint density at radius 3 is 2.68 bits per heavy atom. The summed E-state index contributed by atoms with van der Waals surface area (Å²) in [5.41, 5.74) is 0.770. The van der Waals surface area contributed by atoms with Crippen molar-refractivity contribution in [1.29, 1.82) is 0 Å². The molecule has 1 fully saturated rings. The first-order valence-corrected chi connectivity index (χ1v) is 12.3. The lowest BCUT2D eigenvalue weighted by Gasteiger charge is -2.26. The highest BCUT2D eigenvalue weighted by Crippen LogP contribution is 2.34. The van der Waals surface area contributed by atoms with E-state index in [4.69, 9.17) is 16.0 Å². The molecule has 3 aromatic heterocycles. The Morgan fingerprint density at radius 1 is 1.14 bits per heavy atom. The zero-order valence-corrected chi connectivity index (χ0v) is 20.7. The van der Waals surface area contributed by atoms with Crippen molar-refractivity contribution < 1.29 is 18.4 Å². The van der Waals surface area contributed by atoms with Crippen LogP contribution in [0.2, 0.25) is 5.02 Å². The van der Waals surface area contributed by atoms with Crippen LogP contribution in [0.15, 0.2) is 35.0 Å². The maximum Gasteiger partial charge on any atom is 0.270 e. The normalized spacial score (nSPS) is 17.6. The standard InChI is InChI=1S/C24H24ClFN8O3/c1-13-32-33-23(37-13)16-5-2-14(3-6-16)10-28-22(36)20-9-19(31-24-29-12-30-34(20)24)21(35)27-11-15-4-7-18(26)17(25)8-15/h4,7-9,12,14,16H,2-3,5-6,10-11H2,1H3,(H,27,35)(H,28,36). The SMILES string of the molecule is Cc1nnc(C2CCC(CNC(=O)c3cc(C(=O)NCc4ccc(F)c(Cl)c4)nc4ncnn34)CC2)o1. The molecule has 1 saturated carbocycles. The largest absolute Gasteiger partial charge is 0.425 e. The number of carbonyl (C=O) groups excluding carboxylic acids is 2. The van der Waals surface area contributed by atoms with Gasteiger partial charge in [-0.2, -0.15) is 14.6 Å². The fourth-order valence-corrected chi connectivity index (χ4v) is 4.63. The molecular formula is C24H24ClFN8O3. The number of nitrogens with zero attached hydrogens (tertiary/aromatic N) is 6. The number of halogens is 2. The Labute approximate surface area is 215 Å². The molecule has 1 aromatic carbocycles. The second kappa shape index (κ2) is 10.6. The van der Waals surface area contributed by atoms with E-state index < -0.39 is 11.7 Å². The molecule has 0 unspecified atom stereocenters. The smallest absolute Gasteiger partial charge is 0.270 e. The number of nitrogens with one attached hydrogen (secondary N) is 2. The Morgan fingerprint density at radius 2 is 1.95 bits per heavy atom. The molecule has 13 heteroatoms. The van der Waals surface area contributed by atoms with Crippen molar-refractivity contribution in [1.82, 2.24) is 40.4 Å². The van der Waals surface area contributed by atoms with Crippen LogP contribution >= 0.6 is 11.6 Å². The van der Waals surface area contributed by atoms with Crippen LogP contribution in [0.25, 0.3) is 5.78 Å². The van der Waals surface area contributed by atoms with Crippen LogP contribution in [-0.2, 0) is 6.54 Å². The predicted molar refractivity (Wildman–Crippen MR) is 129 cm³/mol. The van der Waals surface area contributed by atoms with Gasteiger partial charge in [0.1, 0.15) is 23.5 Å². The maximum absolute atomic E-state index is 13.4. The van der Waals surface area contributed by atoms with E-state index in [1.54, 1.807) is 6.92 Å². The Kier molecular flexibility index (Phi) is 7.08. The highest BCUT2D eigenvalue weighted by Gasteiger charge is 2.27. The van der Waals surface area contributed by atoms with Gasteiger partial charge >= 0.3 is 0 Å². The fraction of sp³-hybridized carbons (Fsp3) is 0.375. The van der Waals surface area contributed by atoms with Crippen molar-refractivity contribution in [2.24, 2.45) is 5.92 Å². The van der Waals surface area contributed by atoms with Gasteiger partial charge in [-0.1, -0.05) is 17.7 Å². The molecule has 0 aliphatic heterocycles. The van der Waals surface area contributed by atoms with Crippen LogP contribution in [0.4, 0.5) is 4.39 Å². The third kappa shape index (κ3) is 5.58. The van der Waals surface area contributed by atoms with E-state index in [9.17, 15) is 14.0 Å². The highest BCUT2D eigenvalue weighted by atomic mass is 35.5. The first-order chi connectivity index (χ1) is 17.9. The summed E-state index contributed by atoms with van der Waals surface area (Å²) < 4.78 is 20.2. The van der Waals surface area contributed by atoms with Gasteiger partial charge in [0.15, 0.2) is 0 Å². The number of aryl methyl sites for hydroxylation is 1. The van der Waals surface area contributed by atoms with E-state index in [0.717, 1.165) is 25.7 Å². The van der Waals surface area contributed by atoms with Crippen LogP contribution in [0.5, 0.6) is 0 Å². The van der Waals surface area contributed by atoms with Gasteiger partial charge in [0.05, 0.1) is 5.02 Å². The first kappa shape index (κ1) is 24.8. The van der Waals surface area contributed by atoms with Crippen LogP contribution in [-0.4, -0.2) is 48.1 Å². The molecule has 0 spiro atoms. The Hall–Kier alpha value is -3.93. The quantitative estimate of drug-likeness (QED) is 0.374. The molecule has 37 heavy (non-hydrogen) atoms. The summed E-state index contributed by atoms with van der Waals surface area (Å²) in [7, 11) is 0. The lowest BCUT2D eigenvalue weighted by molar-refractivity contribution is 0.0934. The van der Waals surface area contributed by atoms with Crippen LogP contribution in [0.1, 0.15) is 69.9 Å². The number of aromatic nitrogens is 6. The van der Waals surface area contributed by atoms with Crippen molar-refractivity contribution >= 4 is 29.2 Å². The lowest BCUT2D eigenvalue weighted by atomic mass is 9.82. The Balaban J connectivity index is 1.21. The topological polar surface area (TPSA) is 140 Å². The number of benzene rings is 1. The van der Waals surface area contributed by atoms with E-state index in [-0.39, 0.29) is 40.6 Å². The van der Waals surface area contributed by atoms with Crippen LogP contribution in [0.3, 0.4) is 0 Å². The molecule has 0 bridgehead atoms. The summed E-state index contributed by atoms with van der Waals surface area (Å²) >= 11 is 5.80. The lowest BCUT2D eigenvalue weighted by Crippen LogP contribution is -2.33.